The van der Waals surface area contributed by atoms with Gasteiger partial charge in [0, 0.05) is 0 Å². The molecule has 0 fully saturated rings. The normalized spacial score (nSPS) is 14.1. The lowest BCUT2D eigenvalue weighted by molar-refractivity contribution is 0.295. The average Bonchev–Trinajstić information content (AvgIpc) is 2.13. The zero-order chi connectivity index (χ0) is 11.7. The first-order chi connectivity index (χ1) is 6.95. The average molecular weight is 240 g/mol. The molecule has 0 aliphatic heterocycles. The second-order valence-electron chi connectivity index (χ2n) is 3.87. The van der Waals surface area contributed by atoms with Gasteiger partial charge in [-0.15, -0.1) is 0 Å². The molecular formula is C10H21FO3S. The van der Waals surface area contributed by atoms with Crippen molar-refractivity contribution in [3.63, 3.8) is 0 Å². The van der Waals surface area contributed by atoms with Crippen molar-refractivity contribution >= 4 is 10.1 Å². The minimum absolute atomic E-state index is 0.0907. The molecule has 0 saturated carbocycles. The minimum Gasteiger partial charge on any atom is -0.286 e. The highest BCUT2D eigenvalue weighted by molar-refractivity contribution is 7.85. The molecule has 0 spiro atoms. The summed E-state index contributed by atoms with van der Waals surface area (Å²) in [5.41, 5.74) is 0. The van der Waals surface area contributed by atoms with Crippen LogP contribution < -0.4 is 0 Å². The lowest BCUT2D eigenvalue weighted by atomic mass is 10.1. The van der Waals surface area contributed by atoms with Crippen LogP contribution in [-0.4, -0.2) is 24.9 Å². The summed E-state index contributed by atoms with van der Waals surface area (Å²) in [6.45, 7) is 2.12. The summed E-state index contributed by atoms with van der Waals surface area (Å²) in [4.78, 5) is 0. The van der Waals surface area contributed by atoms with Gasteiger partial charge < -0.3 is 0 Å². The molecule has 1 unspecified atom stereocenters. The van der Waals surface area contributed by atoms with E-state index in [0.717, 1.165) is 25.7 Å². The van der Waals surface area contributed by atoms with Crippen LogP contribution in [0.3, 0.4) is 0 Å². The van der Waals surface area contributed by atoms with Crippen molar-refractivity contribution in [1.29, 1.82) is 0 Å². The van der Waals surface area contributed by atoms with E-state index in [1.54, 1.807) is 0 Å². The van der Waals surface area contributed by atoms with E-state index in [1.807, 2.05) is 0 Å². The second-order valence-corrected chi connectivity index (χ2v) is 5.45. The van der Waals surface area contributed by atoms with Crippen molar-refractivity contribution in [1.82, 2.24) is 0 Å². The van der Waals surface area contributed by atoms with E-state index in [2.05, 4.69) is 6.92 Å². The fraction of sp³-hybridized carbons (Fsp3) is 1.00. The Morgan fingerprint density at radius 1 is 1.13 bits per heavy atom. The van der Waals surface area contributed by atoms with Gasteiger partial charge in [-0.2, -0.15) is 8.42 Å². The van der Waals surface area contributed by atoms with Crippen molar-refractivity contribution < 1.29 is 17.4 Å². The summed E-state index contributed by atoms with van der Waals surface area (Å²) in [5, 5.41) is 0. The molecule has 0 aromatic heterocycles. The SMILES string of the molecule is CCCCCCCC(F)CCS(=O)(=O)O. The van der Waals surface area contributed by atoms with Crippen molar-refractivity contribution in [3.8, 4) is 0 Å². The van der Waals surface area contributed by atoms with E-state index >= 15 is 0 Å². The molecule has 3 nitrogen and oxygen atoms in total. The largest absolute Gasteiger partial charge is 0.286 e. The molecule has 0 aromatic rings. The number of alkyl halides is 1. The van der Waals surface area contributed by atoms with Crippen LogP contribution >= 0.6 is 0 Å². The summed E-state index contributed by atoms with van der Waals surface area (Å²) >= 11 is 0. The monoisotopic (exact) mass is 240 g/mol. The molecular weight excluding hydrogens is 219 g/mol. The van der Waals surface area contributed by atoms with Gasteiger partial charge in [0.25, 0.3) is 10.1 Å². The molecule has 0 aliphatic carbocycles. The zero-order valence-corrected chi connectivity index (χ0v) is 10.1. The summed E-state index contributed by atoms with van der Waals surface area (Å²) in [6.07, 6.45) is 4.44. The first-order valence-corrected chi connectivity index (χ1v) is 7.16. The molecule has 1 atom stereocenters. The molecule has 0 radical (unpaired) electrons. The number of rotatable bonds is 9. The Bertz CT molecular complexity index is 239. The zero-order valence-electron chi connectivity index (χ0n) is 9.28. The van der Waals surface area contributed by atoms with Crippen molar-refractivity contribution in [2.75, 3.05) is 5.75 Å². The Kier molecular flexibility index (Phi) is 7.96. The maximum absolute atomic E-state index is 13.1. The highest BCUT2D eigenvalue weighted by Gasteiger charge is 2.11. The Balaban J connectivity index is 3.37. The lowest BCUT2D eigenvalue weighted by Gasteiger charge is -2.06. The quantitative estimate of drug-likeness (QED) is 0.498. The number of hydrogen-bond acceptors (Lipinski definition) is 2. The van der Waals surface area contributed by atoms with E-state index in [4.69, 9.17) is 4.55 Å². The van der Waals surface area contributed by atoms with E-state index < -0.39 is 22.0 Å². The second kappa shape index (κ2) is 8.05. The molecule has 0 bridgehead atoms. The third kappa shape index (κ3) is 11.8. The molecule has 15 heavy (non-hydrogen) atoms. The molecule has 1 N–H and O–H groups in total. The number of hydrogen-bond donors (Lipinski definition) is 1. The first-order valence-electron chi connectivity index (χ1n) is 5.55. The van der Waals surface area contributed by atoms with Gasteiger partial charge in [-0.3, -0.25) is 4.55 Å². The van der Waals surface area contributed by atoms with Crippen LogP contribution in [0.15, 0.2) is 0 Å². The third-order valence-electron chi connectivity index (χ3n) is 2.31. The Morgan fingerprint density at radius 2 is 1.73 bits per heavy atom. The standard InChI is InChI=1S/C10H21FO3S/c1-2-3-4-5-6-7-10(11)8-9-15(12,13)14/h10H,2-9H2,1H3,(H,12,13,14). The van der Waals surface area contributed by atoms with Crippen LogP contribution in [0.5, 0.6) is 0 Å². The van der Waals surface area contributed by atoms with Gasteiger partial charge in [0.05, 0.1) is 5.75 Å². The summed E-state index contributed by atoms with van der Waals surface area (Å²) in [5.74, 6) is -0.469. The van der Waals surface area contributed by atoms with Crippen LogP contribution in [0.25, 0.3) is 0 Å². The van der Waals surface area contributed by atoms with Gasteiger partial charge in [-0.1, -0.05) is 39.0 Å². The molecule has 0 heterocycles. The smallest absolute Gasteiger partial charge is 0.264 e. The highest BCUT2D eigenvalue weighted by atomic mass is 32.2. The third-order valence-corrected chi connectivity index (χ3v) is 3.06. The minimum atomic E-state index is -4.00. The van der Waals surface area contributed by atoms with Gasteiger partial charge in [-0.25, -0.2) is 4.39 Å². The lowest BCUT2D eigenvalue weighted by Crippen LogP contribution is -2.10. The van der Waals surface area contributed by atoms with Crippen LogP contribution in [0, 0.1) is 0 Å². The van der Waals surface area contributed by atoms with Crippen LogP contribution in [-0.2, 0) is 10.1 Å². The summed E-state index contributed by atoms with van der Waals surface area (Å²) < 4.78 is 42.2. The predicted octanol–water partition coefficient (Wildman–Crippen LogP) is 2.96. The fourth-order valence-corrected chi connectivity index (χ4v) is 1.94. The van der Waals surface area contributed by atoms with Crippen molar-refractivity contribution in [2.24, 2.45) is 0 Å². The predicted molar refractivity (Wildman–Crippen MR) is 59.3 cm³/mol. The van der Waals surface area contributed by atoms with E-state index in [9.17, 15) is 12.8 Å². The maximum Gasteiger partial charge on any atom is 0.264 e. The molecule has 0 aliphatic rings. The van der Waals surface area contributed by atoms with Gasteiger partial charge in [-0.05, 0) is 12.8 Å². The fourth-order valence-electron chi connectivity index (χ4n) is 1.39. The number of unbranched alkanes of at least 4 members (excludes halogenated alkanes) is 4. The van der Waals surface area contributed by atoms with Crippen molar-refractivity contribution in [3.05, 3.63) is 0 Å². The molecule has 0 aromatic carbocycles. The van der Waals surface area contributed by atoms with Crippen molar-refractivity contribution in [2.45, 2.75) is 58.0 Å². The maximum atomic E-state index is 13.1. The van der Waals surface area contributed by atoms with E-state index in [1.165, 1.54) is 6.42 Å². The molecule has 5 heteroatoms. The Hall–Kier alpha value is -0.160. The van der Waals surface area contributed by atoms with Crippen LogP contribution in [0.1, 0.15) is 51.9 Å². The Morgan fingerprint density at radius 3 is 2.27 bits per heavy atom. The first kappa shape index (κ1) is 14.8. The topological polar surface area (TPSA) is 54.4 Å². The number of halogens is 1. The van der Waals surface area contributed by atoms with Gasteiger partial charge >= 0.3 is 0 Å². The van der Waals surface area contributed by atoms with Gasteiger partial charge in [0.1, 0.15) is 6.17 Å². The van der Waals surface area contributed by atoms with Crippen LogP contribution in [0.2, 0.25) is 0 Å². The van der Waals surface area contributed by atoms with Gasteiger partial charge in [0.15, 0.2) is 0 Å². The van der Waals surface area contributed by atoms with Crippen LogP contribution in [0.4, 0.5) is 4.39 Å². The van der Waals surface area contributed by atoms with Gasteiger partial charge in [0.2, 0.25) is 0 Å². The van der Waals surface area contributed by atoms with E-state index in [-0.39, 0.29) is 6.42 Å². The van der Waals surface area contributed by atoms with E-state index in [0.29, 0.717) is 6.42 Å². The Labute approximate surface area is 91.8 Å². The molecule has 0 rings (SSSR count). The highest BCUT2D eigenvalue weighted by Crippen LogP contribution is 2.12. The molecule has 92 valence electrons. The summed E-state index contributed by atoms with van der Waals surface area (Å²) in [7, 11) is -4.00. The molecule has 0 saturated heterocycles. The molecule has 0 amide bonds. The summed E-state index contributed by atoms with van der Waals surface area (Å²) in [6, 6.07) is 0.